The summed E-state index contributed by atoms with van der Waals surface area (Å²) in [4.78, 5) is 10.7. The van der Waals surface area contributed by atoms with Crippen LogP contribution in [0, 0.1) is 0 Å². The summed E-state index contributed by atoms with van der Waals surface area (Å²) in [6.07, 6.45) is 7.26. The maximum absolute atomic E-state index is 10.7. The number of nitrogens with zero attached hydrogens (tertiary/aromatic N) is 3. The van der Waals surface area contributed by atoms with Crippen LogP contribution in [0.1, 0.15) is 49.5 Å². The number of carboxylic acids is 1. The van der Waals surface area contributed by atoms with Crippen LogP contribution in [-0.4, -0.2) is 26.1 Å². The molecule has 0 atom stereocenters. The Hall–Kier alpha value is -1.39. The summed E-state index contributed by atoms with van der Waals surface area (Å²) < 4.78 is 1.72. The molecule has 0 amide bonds. The van der Waals surface area contributed by atoms with Crippen molar-refractivity contribution in [2.24, 2.45) is 0 Å². The Morgan fingerprint density at radius 1 is 1.47 bits per heavy atom. The number of aromatic nitrogens is 3. The van der Waals surface area contributed by atoms with Crippen molar-refractivity contribution in [2.45, 2.75) is 44.6 Å². The van der Waals surface area contributed by atoms with E-state index in [9.17, 15) is 4.79 Å². The number of rotatable bonds is 2. The van der Waals surface area contributed by atoms with Crippen LogP contribution in [0.3, 0.4) is 0 Å². The zero-order chi connectivity index (χ0) is 10.9. The fraction of sp³-hybridized carbons (Fsp3) is 0.700. The number of hydrogen-bond acceptors (Lipinski definition) is 3. The maximum Gasteiger partial charge on any atom is 0.358 e. The Labute approximate surface area is 88.1 Å². The first kappa shape index (κ1) is 10.1. The third-order valence-corrected chi connectivity index (χ3v) is 3.20. The fourth-order valence-electron chi connectivity index (χ4n) is 2.17. The smallest absolute Gasteiger partial charge is 0.358 e. The Balaban J connectivity index is 2.23. The molecule has 0 unspecified atom stereocenters. The molecule has 1 aromatic heterocycles. The number of carbonyl (C=O) groups is 1. The molecule has 1 aliphatic carbocycles. The van der Waals surface area contributed by atoms with Crippen molar-refractivity contribution in [3.8, 4) is 0 Å². The summed E-state index contributed by atoms with van der Waals surface area (Å²) in [5.41, 5.74) is -0.0133. The largest absolute Gasteiger partial charge is 0.476 e. The summed E-state index contributed by atoms with van der Waals surface area (Å²) in [6, 6.07) is 0. The lowest BCUT2D eigenvalue weighted by Gasteiger charge is -2.33. The van der Waals surface area contributed by atoms with E-state index in [0.717, 1.165) is 12.8 Å². The Morgan fingerprint density at radius 3 is 2.67 bits per heavy atom. The molecule has 1 heterocycles. The number of carboxylic acid groups (broad SMARTS) is 1. The highest BCUT2D eigenvalue weighted by Crippen LogP contribution is 2.33. The lowest BCUT2D eigenvalue weighted by Crippen LogP contribution is -2.33. The van der Waals surface area contributed by atoms with Gasteiger partial charge in [-0.3, -0.25) is 0 Å². The van der Waals surface area contributed by atoms with E-state index in [1.807, 2.05) is 0 Å². The minimum absolute atomic E-state index is 0.0294. The molecule has 5 nitrogen and oxygen atoms in total. The van der Waals surface area contributed by atoms with Gasteiger partial charge in [-0.15, -0.1) is 5.10 Å². The quantitative estimate of drug-likeness (QED) is 0.804. The highest BCUT2D eigenvalue weighted by molar-refractivity contribution is 5.84. The van der Waals surface area contributed by atoms with Gasteiger partial charge in [0.1, 0.15) is 0 Å². The molecule has 0 aliphatic heterocycles. The zero-order valence-electron chi connectivity index (χ0n) is 8.81. The Morgan fingerprint density at radius 2 is 2.13 bits per heavy atom. The predicted octanol–water partition coefficient (Wildman–Crippen LogP) is 1.66. The van der Waals surface area contributed by atoms with Gasteiger partial charge in [-0.05, 0) is 19.8 Å². The lowest BCUT2D eigenvalue weighted by molar-refractivity contribution is 0.0690. The van der Waals surface area contributed by atoms with Crippen LogP contribution in [0.4, 0.5) is 0 Å². The zero-order valence-corrected chi connectivity index (χ0v) is 8.81. The molecule has 0 saturated heterocycles. The van der Waals surface area contributed by atoms with Crippen LogP contribution in [0.5, 0.6) is 0 Å². The molecule has 0 radical (unpaired) electrons. The lowest BCUT2D eigenvalue weighted by atomic mass is 9.83. The second kappa shape index (κ2) is 3.64. The first-order valence-corrected chi connectivity index (χ1v) is 5.28. The molecule has 0 aromatic carbocycles. The van der Waals surface area contributed by atoms with Gasteiger partial charge in [-0.25, -0.2) is 9.48 Å². The minimum atomic E-state index is -1.01. The second-order valence-electron chi connectivity index (χ2n) is 4.41. The monoisotopic (exact) mass is 209 g/mol. The van der Waals surface area contributed by atoms with Crippen molar-refractivity contribution in [2.75, 3.05) is 0 Å². The summed E-state index contributed by atoms with van der Waals surface area (Å²) in [5, 5.41) is 16.3. The van der Waals surface area contributed by atoms with Crippen LogP contribution in [0.25, 0.3) is 0 Å². The molecule has 0 spiro atoms. The molecule has 5 heteroatoms. The van der Waals surface area contributed by atoms with Crippen LogP contribution in [-0.2, 0) is 5.54 Å². The average Bonchev–Trinajstić information content (AvgIpc) is 2.68. The summed E-state index contributed by atoms with van der Waals surface area (Å²) in [7, 11) is 0. The van der Waals surface area contributed by atoms with E-state index in [1.54, 1.807) is 4.68 Å². The normalized spacial score (nSPS) is 20.1. The van der Waals surface area contributed by atoms with Crippen molar-refractivity contribution >= 4 is 5.97 Å². The highest BCUT2D eigenvalue weighted by Gasteiger charge is 2.30. The first-order valence-electron chi connectivity index (χ1n) is 5.28. The highest BCUT2D eigenvalue weighted by atomic mass is 16.4. The predicted molar refractivity (Wildman–Crippen MR) is 53.7 cm³/mol. The Kier molecular flexibility index (Phi) is 2.46. The molecule has 1 N–H and O–H groups in total. The first-order chi connectivity index (χ1) is 7.12. The maximum atomic E-state index is 10.7. The van der Waals surface area contributed by atoms with Gasteiger partial charge >= 0.3 is 5.97 Å². The molecule has 1 saturated carbocycles. The van der Waals surface area contributed by atoms with Gasteiger partial charge in [0.2, 0.25) is 0 Å². The summed E-state index contributed by atoms with van der Waals surface area (Å²) in [6.45, 7) is 2.12. The van der Waals surface area contributed by atoms with E-state index in [4.69, 9.17) is 5.11 Å². The van der Waals surface area contributed by atoms with Crippen molar-refractivity contribution in [3.05, 3.63) is 11.9 Å². The number of aromatic carboxylic acids is 1. The molecular weight excluding hydrogens is 194 g/mol. The third kappa shape index (κ3) is 1.86. The Bertz CT molecular complexity index is 366. The number of hydrogen-bond donors (Lipinski definition) is 1. The van der Waals surface area contributed by atoms with E-state index in [2.05, 4.69) is 17.2 Å². The standard InChI is InChI=1S/C10H15N3O2/c1-10(5-3-2-4-6-10)13-7-8(9(14)15)11-12-13/h7H,2-6H2,1H3,(H,14,15). The SMILES string of the molecule is CC1(n2cc(C(=O)O)nn2)CCCCC1. The van der Waals surface area contributed by atoms with E-state index in [0.29, 0.717) is 0 Å². The van der Waals surface area contributed by atoms with Gasteiger partial charge in [0.25, 0.3) is 0 Å². The van der Waals surface area contributed by atoms with E-state index in [-0.39, 0.29) is 11.2 Å². The summed E-state index contributed by atoms with van der Waals surface area (Å²) in [5.74, 6) is -1.01. The third-order valence-electron chi connectivity index (χ3n) is 3.20. The van der Waals surface area contributed by atoms with Gasteiger partial charge in [0.15, 0.2) is 5.69 Å². The fourth-order valence-corrected chi connectivity index (χ4v) is 2.17. The molecule has 1 aliphatic rings. The second-order valence-corrected chi connectivity index (χ2v) is 4.41. The van der Waals surface area contributed by atoms with Crippen LogP contribution in [0.15, 0.2) is 6.20 Å². The van der Waals surface area contributed by atoms with Crippen molar-refractivity contribution in [1.82, 2.24) is 15.0 Å². The average molecular weight is 209 g/mol. The van der Waals surface area contributed by atoms with Crippen LogP contribution < -0.4 is 0 Å². The van der Waals surface area contributed by atoms with Crippen LogP contribution >= 0.6 is 0 Å². The van der Waals surface area contributed by atoms with Gasteiger partial charge in [-0.2, -0.15) is 0 Å². The summed E-state index contributed by atoms with van der Waals surface area (Å²) >= 11 is 0. The van der Waals surface area contributed by atoms with E-state index >= 15 is 0 Å². The molecule has 82 valence electrons. The van der Waals surface area contributed by atoms with Gasteiger partial charge in [-0.1, -0.05) is 24.5 Å². The molecular formula is C10H15N3O2. The van der Waals surface area contributed by atoms with Gasteiger partial charge in [0, 0.05) is 0 Å². The van der Waals surface area contributed by atoms with Crippen LogP contribution in [0.2, 0.25) is 0 Å². The molecule has 2 rings (SSSR count). The van der Waals surface area contributed by atoms with Crippen molar-refractivity contribution in [3.63, 3.8) is 0 Å². The van der Waals surface area contributed by atoms with Crippen molar-refractivity contribution in [1.29, 1.82) is 0 Å². The van der Waals surface area contributed by atoms with Crippen molar-refractivity contribution < 1.29 is 9.90 Å². The molecule has 1 aromatic rings. The van der Waals surface area contributed by atoms with Gasteiger partial charge in [0.05, 0.1) is 11.7 Å². The topological polar surface area (TPSA) is 68.0 Å². The molecule has 0 bridgehead atoms. The minimum Gasteiger partial charge on any atom is -0.476 e. The van der Waals surface area contributed by atoms with E-state index < -0.39 is 5.97 Å². The van der Waals surface area contributed by atoms with Gasteiger partial charge < -0.3 is 5.11 Å². The molecule has 1 fully saturated rings. The van der Waals surface area contributed by atoms with E-state index in [1.165, 1.54) is 25.5 Å². The molecule has 15 heavy (non-hydrogen) atoms.